The van der Waals surface area contributed by atoms with Gasteiger partial charge in [-0.3, -0.25) is 4.79 Å². The van der Waals surface area contributed by atoms with Gasteiger partial charge in [0, 0.05) is 16.1 Å². The molecule has 2 heterocycles. The summed E-state index contributed by atoms with van der Waals surface area (Å²) < 4.78 is 6.33. The number of fused-ring (bicyclic) bond motifs is 6. The van der Waals surface area contributed by atoms with Crippen molar-refractivity contribution in [2.45, 2.75) is 70.0 Å². The highest BCUT2D eigenvalue weighted by molar-refractivity contribution is 6.76. The van der Waals surface area contributed by atoms with Gasteiger partial charge in [0.25, 0.3) is 0 Å². The van der Waals surface area contributed by atoms with Gasteiger partial charge in [-0.2, -0.15) is 0 Å². The minimum Gasteiger partial charge on any atom is -0.362 e. The molecule has 4 bridgehead atoms. The molecule has 0 amide bonds. The number of Topliss-reactive ketones (excluding diaryl/α,β-unsaturated/α-hetero) is 1. The van der Waals surface area contributed by atoms with Gasteiger partial charge in [0.15, 0.2) is 0 Å². The van der Waals surface area contributed by atoms with Gasteiger partial charge in [-0.25, -0.2) is 0 Å². The fraction of sp³-hybridized carbons (Fsp3) is 0.833. The summed E-state index contributed by atoms with van der Waals surface area (Å²) in [5.74, 6) is 1.89. The van der Waals surface area contributed by atoms with Crippen molar-refractivity contribution < 1.29 is 9.53 Å². The van der Waals surface area contributed by atoms with Crippen molar-refractivity contribution in [1.29, 1.82) is 0 Å². The molecule has 2 fully saturated rings. The van der Waals surface area contributed by atoms with Crippen LogP contribution >= 0.6 is 0 Å². The molecule has 2 nitrogen and oxygen atoms in total. The summed E-state index contributed by atoms with van der Waals surface area (Å²) in [7, 11) is -2.40. The van der Waals surface area contributed by atoms with Crippen LogP contribution in [0, 0.1) is 23.7 Å². The molecule has 2 aliphatic heterocycles. The van der Waals surface area contributed by atoms with Crippen LogP contribution in [0.3, 0.4) is 0 Å². The number of hydrogen-bond donors (Lipinski definition) is 0. The summed E-state index contributed by atoms with van der Waals surface area (Å²) in [5.41, 5.74) is -0.323. The monoisotopic (exact) mass is 336 g/mol. The SMILES string of the molecule is C[C@]12C=C[C@H](O1)[C@H]1C(=O)[C@@H]2[C@H](C[Si](C)(C)C)[C@@H]1C[Si](C)(C)C. The number of rotatable bonds is 4. The fourth-order valence-electron chi connectivity index (χ4n) is 5.25. The third kappa shape index (κ3) is 2.71. The van der Waals surface area contributed by atoms with E-state index in [4.69, 9.17) is 4.74 Å². The lowest BCUT2D eigenvalue weighted by Crippen LogP contribution is -2.47. The first-order chi connectivity index (χ1) is 9.91. The Labute approximate surface area is 137 Å². The molecule has 1 saturated carbocycles. The Bertz CT molecular complexity index is 514. The van der Waals surface area contributed by atoms with E-state index >= 15 is 0 Å². The first-order valence-corrected chi connectivity index (χ1v) is 16.2. The van der Waals surface area contributed by atoms with E-state index in [9.17, 15) is 4.79 Å². The summed E-state index contributed by atoms with van der Waals surface area (Å²) in [6.07, 6.45) is 4.44. The molecule has 6 atom stereocenters. The average molecular weight is 337 g/mol. The molecule has 0 aromatic rings. The lowest BCUT2D eigenvalue weighted by molar-refractivity contribution is -0.151. The smallest absolute Gasteiger partial charge is 0.145 e. The molecule has 1 aliphatic carbocycles. The molecular formula is C18H32O2Si2. The standard InChI is InChI=1S/C18H32O2Si2/c1-18-9-8-14(20-18)15-12(10-21(2,3)4)13(11-22(5,6)7)16(18)17(15)19/h8-9,12-16H,10-11H2,1-7H3/t12-,13+,14-,15-,16-,18+/m0/s1. The maximum Gasteiger partial charge on any atom is 0.145 e. The van der Waals surface area contributed by atoms with Crippen molar-refractivity contribution in [3.05, 3.63) is 12.2 Å². The first-order valence-electron chi connectivity index (χ1n) is 8.82. The topological polar surface area (TPSA) is 26.3 Å². The van der Waals surface area contributed by atoms with E-state index in [0.717, 1.165) is 0 Å². The molecular weight excluding hydrogens is 304 g/mol. The Morgan fingerprint density at radius 1 is 1.05 bits per heavy atom. The summed E-state index contributed by atoms with van der Waals surface area (Å²) >= 11 is 0. The van der Waals surface area contributed by atoms with Gasteiger partial charge in [0.05, 0.1) is 23.5 Å². The molecule has 124 valence electrons. The zero-order valence-corrected chi connectivity index (χ0v) is 17.3. The van der Waals surface area contributed by atoms with E-state index in [-0.39, 0.29) is 23.5 Å². The van der Waals surface area contributed by atoms with Crippen LogP contribution < -0.4 is 0 Å². The van der Waals surface area contributed by atoms with Crippen LogP contribution in [0.5, 0.6) is 0 Å². The van der Waals surface area contributed by atoms with Crippen LogP contribution in [0.4, 0.5) is 0 Å². The number of ether oxygens (including phenoxy) is 1. The molecule has 3 aliphatic rings. The normalized spacial score (nSPS) is 44.0. The largest absolute Gasteiger partial charge is 0.362 e. The number of ketones is 1. The first kappa shape index (κ1) is 16.7. The molecule has 1 saturated heterocycles. The third-order valence-corrected chi connectivity index (χ3v) is 9.14. The fourth-order valence-corrected chi connectivity index (χ4v) is 9.17. The van der Waals surface area contributed by atoms with Crippen molar-refractivity contribution in [2.75, 3.05) is 0 Å². The van der Waals surface area contributed by atoms with Crippen LogP contribution in [0.1, 0.15) is 6.92 Å². The zero-order chi connectivity index (χ0) is 16.5. The van der Waals surface area contributed by atoms with Gasteiger partial charge in [0.1, 0.15) is 5.78 Å². The Morgan fingerprint density at radius 2 is 1.59 bits per heavy atom. The summed E-state index contributed by atoms with van der Waals surface area (Å²) in [5, 5.41) is 0. The predicted octanol–water partition coefficient (Wildman–Crippen LogP) is 4.44. The van der Waals surface area contributed by atoms with Gasteiger partial charge < -0.3 is 4.74 Å². The second-order valence-corrected chi connectivity index (χ2v) is 21.4. The van der Waals surface area contributed by atoms with E-state index in [0.29, 0.717) is 17.6 Å². The molecule has 22 heavy (non-hydrogen) atoms. The lowest BCUT2D eigenvalue weighted by atomic mass is 9.79. The van der Waals surface area contributed by atoms with Crippen LogP contribution in [0.2, 0.25) is 51.4 Å². The Hall–Kier alpha value is -0.196. The molecule has 3 rings (SSSR count). The maximum atomic E-state index is 13.2. The number of carbonyl (C=O) groups is 1. The Balaban J connectivity index is 2.00. The highest BCUT2D eigenvalue weighted by Gasteiger charge is 2.65. The summed E-state index contributed by atoms with van der Waals surface area (Å²) in [6.45, 7) is 16.8. The third-order valence-electron chi connectivity index (χ3n) is 5.75. The second-order valence-electron chi connectivity index (χ2n) is 10.4. The highest BCUT2D eigenvalue weighted by Crippen LogP contribution is 2.59. The van der Waals surface area contributed by atoms with E-state index in [1.54, 1.807) is 0 Å². The second kappa shape index (κ2) is 4.90. The van der Waals surface area contributed by atoms with Gasteiger partial charge in [-0.1, -0.05) is 63.5 Å². The van der Waals surface area contributed by atoms with Crippen molar-refractivity contribution in [3.63, 3.8) is 0 Å². The number of carbonyl (C=O) groups excluding carboxylic acids is 1. The van der Waals surface area contributed by atoms with Crippen molar-refractivity contribution in [3.8, 4) is 0 Å². The molecule has 0 aromatic heterocycles. The predicted molar refractivity (Wildman–Crippen MR) is 97.7 cm³/mol. The van der Waals surface area contributed by atoms with Crippen molar-refractivity contribution in [2.24, 2.45) is 23.7 Å². The number of hydrogen-bond acceptors (Lipinski definition) is 2. The van der Waals surface area contributed by atoms with Crippen LogP contribution in [0.15, 0.2) is 12.2 Å². The molecule has 4 heteroatoms. The van der Waals surface area contributed by atoms with E-state index in [2.05, 4.69) is 58.4 Å². The quantitative estimate of drug-likeness (QED) is 0.560. The average Bonchev–Trinajstić information content (AvgIpc) is 2.70. The van der Waals surface area contributed by atoms with Gasteiger partial charge in [0.2, 0.25) is 0 Å². The van der Waals surface area contributed by atoms with E-state index < -0.39 is 16.1 Å². The van der Waals surface area contributed by atoms with Gasteiger partial charge >= 0.3 is 0 Å². The summed E-state index contributed by atoms with van der Waals surface area (Å²) in [4.78, 5) is 13.2. The minimum absolute atomic E-state index is 0.0572. The molecule has 0 aromatic carbocycles. The van der Waals surface area contributed by atoms with Crippen LogP contribution in [-0.2, 0) is 9.53 Å². The van der Waals surface area contributed by atoms with Gasteiger partial charge in [-0.15, -0.1) is 0 Å². The van der Waals surface area contributed by atoms with Gasteiger partial charge in [-0.05, 0) is 18.8 Å². The lowest BCUT2D eigenvalue weighted by Gasteiger charge is -2.38. The molecule has 0 radical (unpaired) electrons. The van der Waals surface area contributed by atoms with Crippen LogP contribution in [-0.4, -0.2) is 33.6 Å². The molecule has 0 spiro atoms. The van der Waals surface area contributed by atoms with Crippen LogP contribution in [0.25, 0.3) is 0 Å². The van der Waals surface area contributed by atoms with E-state index in [1.165, 1.54) is 12.1 Å². The highest BCUT2D eigenvalue weighted by atomic mass is 28.3. The summed E-state index contributed by atoms with van der Waals surface area (Å²) in [6, 6.07) is 2.55. The Kier molecular flexibility index (Phi) is 3.71. The van der Waals surface area contributed by atoms with Crippen molar-refractivity contribution in [1.82, 2.24) is 0 Å². The molecule has 0 unspecified atom stereocenters. The van der Waals surface area contributed by atoms with E-state index in [1.807, 2.05) is 0 Å². The minimum atomic E-state index is -1.21. The van der Waals surface area contributed by atoms with Crippen molar-refractivity contribution >= 4 is 21.9 Å². The maximum absolute atomic E-state index is 13.2. The Morgan fingerprint density at radius 3 is 2.14 bits per heavy atom. The molecule has 0 N–H and O–H groups in total. The zero-order valence-electron chi connectivity index (χ0n) is 15.3.